The van der Waals surface area contributed by atoms with Crippen LogP contribution in [0.25, 0.3) is 0 Å². The molecule has 0 aliphatic heterocycles. The molecular weight excluding hydrogens is 234 g/mol. The molecule has 0 saturated carbocycles. The van der Waals surface area contributed by atoms with Crippen LogP contribution in [0.5, 0.6) is 5.75 Å². The van der Waals surface area contributed by atoms with Crippen molar-refractivity contribution in [2.24, 2.45) is 0 Å². The van der Waals surface area contributed by atoms with Gasteiger partial charge in [0.25, 0.3) is 0 Å². The van der Waals surface area contributed by atoms with Gasteiger partial charge < -0.3 is 14.6 Å². The zero-order valence-electron chi connectivity index (χ0n) is 11.1. The van der Waals surface area contributed by atoms with Crippen molar-refractivity contribution < 1.29 is 19.4 Å². The van der Waals surface area contributed by atoms with Crippen LogP contribution in [0.3, 0.4) is 0 Å². The SMILES string of the molecule is COc1cc(CO)cc(NC(=O)OC(C)(C)C)c1. The van der Waals surface area contributed by atoms with Gasteiger partial charge in [-0.15, -0.1) is 0 Å². The number of amides is 1. The van der Waals surface area contributed by atoms with Gasteiger partial charge in [-0.25, -0.2) is 4.79 Å². The molecule has 1 aromatic carbocycles. The minimum Gasteiger partial charge on any atom is -0.497 e. The summed E-state index contributed by atoms with van der Waals surface area (Å²) in [6.07, 6.45) is -0.542. The van der Waals surface area contributed by atoms with Gasteiger partial charge in [0, 0.05) is 11.8 Å². The average molecular weight is 253 g/mol. The summed E-state index contributed by atoms with van der Waals surface area (Å²) in [5.74, 6) is 0.563. The highest BCUT2D eigenvalue weighted by Gasteiger charge is 2.16. The molecule has 0 aromatic heterocycles. The molecule has 0 atom stereocenters. The Kier molecular flexibility index (Phi) is 4.55. The number of hydrogen-bond donors (Lipinski definition) is 2. The molecule has 5 heteroatoms. The van der Waals surface area contributed by atoms with Gasteiger partial charge in [0.05, 0.1) is 13.7 Å². The Morgan fingerprint density at radius 3 is 2.50 bits per heavy atom. The Hall–Kier alpha value is -1.75. The lowest BCUT2D eigenvalue weighted by Crippen LogP contribution is -2.27. The zero-order valence-corrected chi connectivity index (χ0v) is 11.1. The number of nitrogens with one attached hydrogen (secondary N) is 1. The van der Waals surface area contributed by atoms with Crippen molar-refractivity contribution >= 4 is 11.8 Å². The molecule has 5 nitrogen and oxygen atoms in total. The van der Waals surface area contributed by atoms with Crippen LogP contribution in [0.4, 0.5) is 10.5 Å². The number of anilines is 1. The first-order valence-electron chi connectivity index (χ1n) is 5.63. The van der Waals surface area contributed by atoms with E-state index in [0.29, 0.717) is 17.0 Å². The van der Waals surface area contributed by atoms with Crippen LogP contribution < -0.4 is 10.1 Å². The van der Waals surface area contributed by atoms with Crippen molar-refractivity contribution in [1.29, 1.82) is 0 Å². The van der Waals surface area contributed by atoms with Gasteiger partial charge in [-0.2, -0.15) is 0 Å². The van der Waals surface area contributed by atoms with E-state index in [1.165, 1.54) is 7.11 Å². The van der Waals surface area contributed by atoms with Gasteiger partial charge in [-0.3, -0.25) is 5.32 Å². The smallest absolute Gasteiger partial charge is 0.412 e. The minimum atomic E-state index is -0.553. The molecule has 1 aromatic rings. The predicted molar refractivity (Wildman–Crippen MR) is 68.8 cm³/mol. The molecule has 2 N–H and O–H groups in total. The Labute approximate surface area is 107 Å². The summed E-state index contributed by atoms with van der Waals surface area (Å²) in [4.78, 5) is 11.6. The van der Waals surface area contributed by atoms with E-state index >= 15 is 0 Å². The maximum Gasteiger partial charge on any atom is 0.412 e. The molecule has 18 heavy (non-hydrogen) atoms. The van der Waals surface area contributed by atoms with Crippen molar-refractivity contribution in [3.8, 4) is 5.75 Å². The van der Waals surface area contributed by atoms with Crippen LogP contribution in [0.2, 0.25) is 0 Å². The van der Waals surface area contributed by atoms with Crippen LogP contribution in [0.15, 0.2) is 18.2 Å². The molecule has 100 valence electrons. The van der Waals surface area contributed by atoms with Gasteiger partial charge in [0.15, 0.2) is 0 Å². The second-order valence-corrected chi connectivity index (χ2v) is 4.85. The normalized spacial score (nSPS) is 10.9. The van der Waals surface area contributed by atoms with Gasteiger partial charge >= 0.3 is 6.09 Å². The molecule has 0 radical (unpaired) electrons. The quantitative estimate of drug-likeness (QED) is 0.868. The lowest BCUT2D eigenvalue weighted by Gasteiger charge is -2.20. The molecule has 0 fully saturated rings. The molecule has 0 aliphatic rings. The standard InChI is InChI=1S/C13H19NO4/c1-13(2,3)18-12(16)14-10-5-9(8-15)6-11(7-10)17-4/h5-7,15H,8H2,1-4H3,(H,14,16). The number of carbonyl (C=O) groups is 1. The summed E-state index contributed by atoms with van der Waals surface area (Å²) in [5.41, 5.74) is 0.621. The van der Waals surface area contributed by atoms with E-state index in [0.717, 1.165) is 0 Å². The first kappa shape index (κ1) is 14.3. The molecule has 1 amide bonds. The number of rotatable bonds is 3. The maximum absolute atomic E-state index is 11.6. The Bertz CT molecular complexity index is 401. The second kappa shape index (κ2) is 5.73. The number of hydrogen-bond acceptors (Lipinski definition) is 4. The first-order chi connectivity index (χ1) is 8.34. The Morgan fingerprint density at radius 2 is 2.00 bits per heavy atom. The summed E-state index contributed by atoms with van der Waals surface area (Å²) in [6, 6.07) is 5.01. The highest BCUT2D eigenvalue weighted by Crippen LogP contribution is 2.21. The second-order valence-electron chi connectivity index (χ2n) is 4.85. The summed E-state index contributed by atoms with van der Waals surface area (Å²) in [5, 5.41) is 11.7. The fraction of sp³-hybridized carbons (Fsp3) is 0.462. The summed E-state index contributed by atoms with van der Waals surface area (Å²) in [7, 11) is 1.52. The molecule has 0 spiro atoms. The van der Waals surface area contributed by atoms with E-state index in [1.807, 2.05) is 0 Å². The molecular formula is C13H19NO4. The highest BCUT2D eigenvalue weighted by atomic mass is 16.6. The van der Waals surface area contributed by atoms with Crippen molar-refractivity contribution in [2.75, 3.05) is 12.4 Å². The lowest BCUT2D eigenvalue weighted by molar-refractivity contribution is 0.0636. The molecule has 0 unspecified atom stereocenters. The topological polar surface area (TPSA) is 67.8 Å². The van der Waals surface area contributed by atoms with Gasteiger partial charge in [0.2, 0.25) is 0 Å². The van der Waals surface area contributed by atoms with Crippen LogP contribution in [-0.2, 0) is 11.3 Å². The molecule has 1 rings (SSSR count). The van der Waals surface area contributed by atoms with E-state index < -0.39 is 11.7 Å². The fourth-order valence-corrected chi connectivity index (χ4v) is 1.36. The van der Waals surface area contributed by atoms with Crippen molar-refractivity contribution in [3.63, 3.8) is 0 Å². The van der Waals surface area contributed by atoms with Crippen molar-refractivity contribution in [3.05, 3.63) is 23.8 Å². The Morgan fingerprint density at radius 1 is 1.33 bits per heavy atom. The maximum atomic E-state index is 11.6. The summed E-state index contributed by atoms with van der Waals surface area (Å²) < 4.78 is 10.2. The van der Waals surface area contributed by atoms with E-state index in [2.05, 4.69) is 5.32 Å². The molecule has 0 aliphatic carbocycles. The van der Waals surface area contributed by atoms with Crippen LogP contribution >= 0.6 is 0 Å². The number of carbonyl (C=O) groups excluding carboxylic acids is 1. The zero-order chi connectivity index (χ0) is 13.8. The number of methoxy groups -OCH3 is 1. The molecule has 0 heterocycles. The van der Waals surface area contributed by atoms with E-state index in [-0.39, 0.29) is 6.61 Å². The largest absolute Gasteiger partial charge is 0.497 e. The number of ether oxygens (including phenoxy) is 2. The summed E-state index contributed by atoms with van der Waals surface area (Å²) in [6.45, 7) is 5.24. The number of benzene rings is 1. The number of aliphatic hydroxyl groups excluding tert-OH is 1. The van der Waals surface area contributed by atoms with E-state index in [4.69, 9.17) is 14.6 Å². The van der Waals surface area contributed by atoms with E-state index in [9.17, 15) is 4.79 Å². The van der Waals surface area contributed by atoms with Gasteiger partial charge in [0.1, 0.15) is 11.4 Å². The van der Waals surface area contributed by atoms with E-state index in [1.54, 1.807) is 39.0 Å². The summed E-state index contributed by atoms with van der Waals surface area (Å²) >= 11 is 0. The van der Waals surface area contributed by atoms with Crippen molar-refractivity contribution in [1.82, 2.24) is 0 Å². The van der Waals surface area contributed by atoms with Gasteiger partial charge in [-0.1, -0.05) is 0 Å². The molecule has 0 bridgehead atoms. The van der Waals surface area contributed by atoms with Crippen molar-refractivity contribution in [2.45, 2.75) is 33.0 Å². The molecule has 0 saturated heterocycles. The first-order valence-corrected chi connectivity index (χ1v) is 5.63. The van der Waals surface area contributed by atoms with Crippen LogP contribution in [-0.4, -0.2) is 23.9 Å². The third kappa shape index (κ3) is 4.63. The van der Waals surface area contributed by atoms with Crippen LogP contribution in [0, 0.1) is 0 Å². The van der Waals surface area contributed by atoms with Gasteiger partial charge in [-0.05, 0) is 38.5 Å². The fourth-order valence-electron chi connectivity index (χ4n) is 1.36. The predicted octanol–water partition coefficient (Wildman–Crippen LogP) is 2.53. The third-order valence-electron chi connectivity index (χ3n) is 2.03. The number of aliphatic hydroxyl groups is 1. The average Bonchev–Trinajstić information content (AvgIpc) is 2.25. The minimum absolute atomic E-state index is 0.125. The highest BCUT2D eigenvalue weighted by molar-refractivity contribution is 5.85. The Balaban J connectivity index is 2.80. The lowest BCUT2D eigenvalue weighted by atomic mass is 10.2. The third-order valence-corrected chi connectivity index (χ3v) is 2.03. The monoisotopic (exact) mass is 253 g/mol. The van der Waals surface area contributed by atoms with Crippen LogP contribution in [0.1, 0.15) is 26.3 Å².